The number of hydrogen-bond acceptors (Lipinski definition) is 8. The molecular weight excluding hydrogens is 328 g/mol. The Morgan fingerprint density at radius 2 is 1.00 bits per heavy atom. The van der Waals surface area contributed by atoms with Gasteiger partial charge in [0.05, 0.1) is 0 Å². The third kappa shape index (κ3) is 6.45. The van der Waals surface area contributed by atoms with E-state index in [-0.39, 0.29) is 0 Å². The molecule has 0 unspecified atom stereocenters. The Morgan fingerprint density at radius 3 is 1.30 bits per heavy atom. The first-order valence-corrected chi connectivity index (χ1v) is 10.0. The normalized spacial score (nSPS) is 11.5. The van der Waals surface area contributed by atoms with Gasteiger partial charge in [0, 0.05) is 39.3 Å². The van der Waals surface area contributed by atoms with Crippen LogP contribution in [-0.4, -0.2) is 62.8 Å². The molecule has 0 aliphatic carbocycles. The lowest BCUT2D eigenvalue weighted by atomic mass is 10.5. The zero-order valence-corrected chi connectivity index (χ0v) is 16.9. The van der Waals surface area contributed by atoms with Crippen LogP contribution in [0.5, 0.6) is 0 Å². The van der Waals surface area contributed by atoms with Gasteiger partial charge in [-0.1, -0.05) is 27.7 Å². The molecule has 0 atom stereocenters. The first-order valence-electron chi connectivity index (χ1n) is 8.48. The zero-order valence-electron chi connectivity index (χ0n) is 15.2. The second-order valence-corrected chi connectivity index (χ2v) is 6.91. The fourth-order valence-corrected chi connectivity index (χ4v) is 3.53. The zero-order chi connectivity index (χ0) is 17.2. The van der Waals surface area contributed by atoms with Crippen LogP contribution in [0, 0.1) is 0 Å². The maximum atomic E-state index is 4.66. The summed E-state index contributed by atoms with van der Waals surface area (Å²) < 4.78 is 4.49. The Hall–Kier alpha value is -0.570. The minimum Gasteiger partial charge on any atom is -0.341 e. The van der Waals surface area contributed by atoms with Crippen molar-refractivity contribution in [2.75, 3.05) is 44.2 Å². The van der Waals surface area contributed by atoms with Gasteiger partial charge in [-0.15, -0.1) is 0 Å². The molecule has 1 heterocycles. The largest absolute Gasteiger partial charge is 0.341 e. The molecule has 1 aromatic rings. The van der Waals surface area contributed by atoms with Crippen molar-refractivity contribution in [1.82, 2.24) is 23.6 Å². The summed E-state index contributed by atoms with van der Waals surface area (Å²) in [6.07, 6.45) is 0. The fraction of sp³-hybridized carbons (Fsp3) is 0.800. The second-order valence-electron chi connectivity index (χ2n) is 4.78. The number of hydrogen-bond donors (Lipinski definition) is 0. The predicted octanol–water partition coefficient (Wildman–Crippen LogP) is 3.42. The Balaban J connectivity index is 3.10. The quantitative estimate of drug-likeness (QED) is 0.558. The van der Waals surface area contributed by atoms with Crippen LogP contribution in [0.4, 0.5) is 5.95 Å². The molecule has 8 heteroatoms. The maximum Gasteiger partial charge on any atom is 0.230 e. The molecule has 0 aromatic carbocycles. The molecule has 0 saturated carbocycles. The molecule has 132 valence electrons. The third-order valence-corrected chi connectivity index (χ3v) is 5.70. The highest BCUT2D eigenvalue weighted by atomic mass is 32.2. The van der Waals surface area contributed by atoms with Crippen molar-refractivity contribution in [3.63, 3.8) is 0 Å². The molecule has 0 spiro atoms. The molecule has 0 radical (unpaired) electrons. The van der Waals surface area contributed by atoms with E-state index in [9.17, 15) is 0 Å². The van der Waals surface area contributed by atoms with Gasteiger partial charge < -0.3 is 4.90 Å². The van der Waals surface area contributed by atoms with E-state index in [1.807, 2.05) is 0 Å². The van der Waals surface area contributed by atoms with E-state index >= 15 is 0 Å². The van der Waals surface area contributed by atoms with Crippen molar-refractivity contribution in [3.05, 3.63) is 0 Å². The highest BCUT2D eigenvalue weighted by Crippen LogP contribution is 2.25. The fourth-order valence-electron chi connectivity index (χ4n) is 1.99. The van der Waals surface area contributed by atoms with Crippen LogP contribution in [0.25, 0.3) is 0 Å². The maximum absolute atomic E-state index is 4.66. The molecule has 6 nitrogen and oxygen atoms in total. The molecule has 0 fully saturated rings. The van der Waals surface area contributed by atoms with Crippen molar-refractivity contribution in [1.29, 1.82) is 0 Å². The summed E-state index contributed by atoms with van der Waals surface area (Å²) in [5.74, 6) is 0.773. The molecule has 1 aromatic heterocycles. The van der Waals surface area contributed by atoms with Crippen LogP contribution in [0.15, 0.2) is 10.3 Å². The van der Waals surface area contributed by atoms with Crippen LogP contribution in [0.2, 0.25) is 0 Å². The van der Waals surface area contributed by atoms with E-state index in [1.54, 1.807) is 23.9 Å². The summed E-state index contributed by atoms with van der Waals surface area (Å²) in [4.78, 5) is 16.1. The molecule has 0 saturated heterocycles. The second kappa shape index (κ2) is 11.1. The number of nitrogens with zero attached hydrogens (tertiary/aromatic N) is 6. The van der Waals surface area contributed by atoms with Gasteiger partial charge in [-0.2, -0.15) is 15.0 Å². The van der Waals surface area contributed by atoms with Crippen molar-refractivity contribution in [2.45, 2.75) is 51.9 Å². The van der Waals surface area contributed by atoms with Gasteiger partial charge >= 0.3 is 0 Å². The van der Waals surface area contributed by atoms with E-state index in [4.69, 9.17) is 0 Å². The van der Waals surface area contributed by atoms with Gasteiger partial charge in [-0.25, -0.2) is 8.61 Å². The summed E-state index contributed by atoms with van der Waals surface area (Å²) >= 11 is 3.22. The van der Waals surface area contributed by atoms with E-state index < -0.39 is 0 Å². The molecule has 0 amide bonds. The SMILES string of the molecule is CCN(CC)Sc1nc(SN(CC)CC)nc(N(CC)CC)n1. The van der Waals surface area contributed by atoms with E-state index in [2.05, 4.69) is 70.0 Å². The topological polar surface area (TPSA) is 48.4 Å². The number of rotatable bonds is 11. The van der Waals surface area contributed by atoms with Gasteiger partial charge in [-0.05, 0) is 37.7 Å². The van der Waals surface area contributed by atoms with Crippen LogP contribution in [0.1, 0.15) is 41.5 Å². The predicted molar refractivity (Wildman–Crippen MR) is 101 cm³/mol. The lowest BCUT2D eigenvalue weighted by Gasteiger charge is -2.22. The minimum absolute atomic E-state index is 0.773. The van der Waals surface area contributed by atoms with Gasteiger partial charge in [0.15, 0.2) is 0 Å². The van der Waals surface area contributed by atoms with Gasteiger partial charge in [-0.3, -0.25) is 0 Å². The standard InChI is InChI=1S/C15H30N6S2/c1-7-19(8-2)13-16-14(22-20(9-3)10-4)18-15(17-13)23-21(11-5)12-6/h7-12H2,1-6H3. The molecule has 0 N–H and O–H groups in total. The van der Waals surface area contributed by atoms with E-state index in [1.165, 1.54) is 0 Å². The number of aromatic nitrogens is 3. The monoisotopic (exact) mass is 358 g/mol. The lowest BCUT2D eigenvalue weighted by Crippen LogP contribution is -2.25. The van der Waals surface area contributed by atoms with E-state index in [0.717, 1.165) is 55.5 Å². The van der Waals surface area contributed by atoms with Crippen molar-refractivity contribution >= 4 is 29.8 Å². The van der Waals surface area contributed by atoms with Gasteiger partial charge in [0.25, 0.3) is 0 Å². The Morgan fingerprint density at radius 1 is 0.609 bits per heavy atom. The summed E-state index contributed by atoms with van der Waals surface area (Å²) in [5, 5.41) is 1.56. The van der Waals surface area contributed by atoms with Crippen LogP contribution < -0.4 is 4.90 Å². The smallest absolute Gasteiger partial charge is 0.230 e. The van der Waals surface area contributed by atoms with Crippen LogP contribution in [-0.2, 0) is 0 Å². The molecular formula is C15H30N6S2. The molecule has 0 bridgehead atoms. The Labute approximate surface area is 149 Å². The first-order chi connectivity index (χ1) is 11.1. The van der Waals surface area contributed by atoms with Gasteiger partial charge in [0.2, 0.25) is 16.3 Å². The lowest BCUT2D eigenvalue weighted by molar-refractivity contribution is 0.516. The van der Waals surface area contributed by atoms with Crippen LogP contribution in [0.3, 0.4) is 0 Å². The van der Waals surface area contributed by atoms with Crippen LogP contribution >= 0.6 is 23.9 Å². The highest BCUT2D eigenvalue weighted by molar-refractivity contribution is 7.97. The first kappa shape index (κ1) is 20.5. The van der Waals surface area contributed by atoms with Crippen molar-refractivity contribution < 1.29 is 0 Å². The average Bonchev–Trinajstić information content (AvgIpc) is 2.58. The Bertz CT molecular complexity index is 415. The third-order valence-electron chi connectivity index (χ3n) is 3.46. The average molecular weight is 359 g/mol. The van der Waals surface area contributed by atoms with Crippen molar-refractivity contribution in [2.24, 2.45) is 0 Å². The summed E-state index contributed by atoms with van der Waals surface area (Å²) in [6.45, 7) is 18.5. The summed E-state index contributed by atoms with van der Waals surface area (Å²) in [7, 11) is 0. The van der Waals surface area contributed by atoms with Gasteiger partial charge in [0.1, 0.15) is 0 Å². The molecule has 1 rings (SSSR count). The summed E-state index contributed by atoms with van der Waals surface area (Å²) in [5.41, 5.74) is 0. The summed E-state index contributed by atoms with van der Waals surface area (Å²) in [6, 6.07) is 0. The molecule has 0 aliphatic heterocycles. The molecule has 0 aliphatic rings. The Kier molecular flexibility index (Phi) is 9.85. The van der Waals surface area contributed by atoms with Crippen molar-refractivity contribution in [3.8, 4) is 0 Å². The minimum atomic E-state index is 0.773. The van der Waals surface area contributed by atoms with E-state index in [0.29, 0.717) is 0 Å². The number of anilines is 1. The highest BCUT2D eigenvalue weighted by Gasteiger charge is 2.15. The molecule has 23 heavy (non-hydrogen) atoms.